The van der Waals surface area contributed by atoms with E-state index in [4.69, 9.17) is 27.9 Å². The van der Waals surface area contributed by atoms with E-state index < -0.39 is 11.9 Å². The maximum Gasteiger partial charge on any atom is 0.312 e. The summed E-state index contributed by atoms with van der Waals surface area (Å²) in [5.74, 6) is -0.649. The summed E-state index contributed by atoms with van der Waals surface area (Å²) in [5, 5.41) is 1.56. The van der Waals surface area contributed by atoms with Crippen molar-refractivity contribution in [3.05, 3.63) is 74.0 Å². The zero-order chi connectivity index (χ0) is 17.7. The molecular formula is C19H13Cl2NO3. The highest BCUT2D eigenvalue weighted by Gasteiger charge is 2.35. The van der Waals surface area contributed by atoms with Crippen molar-refractivity contribution in [1.82, 2.24) is 4.57 Å². The predicted molar refractivity (Wildman–Crippen MR) is 97.7 cm³/mol. The molecule has 1 atom stereocenters. The number of hydrogen-bond acceptors (Lipinski definition) is 3. The molecule has 0 saturated carbocycles. The second kappa shape index (κ2) is 5.90. The molecule has 6 heteroatoms. The Morgan fingerprint density at radius 3 is 2.40 bits per heavy atom. The van der Waals surface area contributed by atoms with Crippen LogP contribution in [0, 0.1) is 0 Å². The molecule has 0 amide bonds. The van der Waals surface area contributed by atoms with Gasteiger partial charge in [-0.15, -0.1) is 0 Å². The Bertz CT molecular complexity index is 1070. The number of benzene rings is 2. The number of para-hydroxylation sites is 1. The van der Waals surface area contributed by atoms with Gasteiger partial charge in [0.15, 0.2) is 0 Å². The third-order valence-electron chi connectivity index (χ3n) is 4.57. The number of pyridine rings is 1. The first kappa shape index (κ1) is 16.2. The molecule has 0 bridgehead atoms. The smallest absolute Gasteiger partial charge is 0.312 e. The van der Waals surface area contributed by atoms with E-state index in [1.807, 2.05) is 24.3 Å². The fourth-order valence-corrected chi connectivity index (χ4v) is 4.08. The number of ether oxygens (including phenoxy) is 1. The number of aryl methyl sites for hydroxylation is 1. The van der Waals surface area contributed by atoms with Crippen LogP contribution in [0.25, 0.3) is 10.9 Å². The van der Waals surface area contributed by atoms with Crippen LogP contribution in [0.15, 0.2) is 47.3 Å². The van der Waals surface area contributed by atoms with Crippen molar-refractivity contribution in [3.8, 4) is 5.75 Å². The van der Waals surface area contributed by atoms with Gasteiger partial charge in [0, 0.05) is 28.4 Å². The SMILES string of the molecule is Cn1c(=O)c2c(c3ccccc31)OC(=O)CC2c1c(Cl)cccc1Cl. The third kappa shape index (κ3) is 2.44. The number of carbonyl (C=O) groups is 1. The van der Waals surface area contributed by atoms with Crippen LogP contribution in [0.2, 0.25) is 10.0 Å². The molecule has 0 radical (unpaired) electrons. The zero-order valence-electron chi connectivity index (χ0n) is 13.3. The third-order valence-corrected chi connectivity index (χ3v) is 5.23. The molecule has 0 saturated heterocycles. The normalized spacial score (nSPS) is 16.6. The lowest BCUT2D eigenvalue weighted by molar-refractivity contribution is -0.135. The Hall–Kier alpha value is -2.30. The van der Waals surface area contributed by atoms with Gasteiger partial charge < -0.3 is 9.30 Å². The molecule has 1 aromatic heterocycles. The number of halogens is 2. The van der Waals surface area contributed by atoms with Gasteiger partial charge >= 0.3 is 5.97 Å². The van der Waals surface area contributed by atoms with Gasteiger partial charge in [-0.1, -0.05) is 41.4 Å². The molecule has 4 nitrogen and oxygen atoms in total. The fraction of sp³-hybridized carbons (Fsp3) is 0.158. The number of carbonyl (C=O) groups excluding carboxylic acids is 1. The molecule has 1 aliphatic rings. The monoisotopic (exact) mass is 373 g/mol. The first-order valence-corrected chi connectivity index (χ1v) is 8.51. The predicted octanol–water partition coefficient (Wildman–Crippen LogP) is 4.29. The largest absolute Gasteiger partial charge is 0.425 e. The van der Waals surface area contributed by atoms with Gasteiger partial charge in [-0.2, -0.15) is 0 Å². The molecule has 2 aromatic carbocycles. The minimum absolute atomic E-state index is 0.0179. The number of hydrogen-bond donors (Lipinski definition) is 0. The molecule has 1 unspecified atom stereocenters. The molecule has 1 aliphatic heterocycles. The number of esters is 1. The first-order valence-electron chi connectivity index (χ1n) is 7.75. The van der Waals surface area contributed by atoms with Gasteiger partial charge in [0.25, 0.3) is 5.56 Å². The van der Waals surface area contributed by atoms with E-state index in [0.29, 0.717) is 37.8 Å². The summed E-state index contributed by atoms with van der Waals surface area (Å²) in [4.78, 5) is 25.3. The number of rotatable bonds is 1. The van der Waals surface area contributed by atoms with Crippen LogP contribution in [-0.4, -0.2) is 10.5 Å². The van der Waals surface area contributed by atoms with E-state index in [-0.39, 0.29) is 12.0 Å². The van der Waals surface area contributed by atoms with Crippen molar-refractivity contribution in [2.24, 2.45) is 7.05 Å². The quantitative estimate of drug-likeness (QED) is 0.597. The molecule has 25 heavy (non-hydrogen) atoms. The summed E-state index contributed by atoms with van der Waals surface area (Å²) in [6, 6.07) is 12.5. The van der Waals surface area contributed by atoms with Gasteiger partial charge in [0.05, 0.1) is 17.5 Å². The maximum absolute atomic E-state index is 13.0. The van der Waals surface area contributed by atoms with Crippen molar-refractivity contribution < 1.29 is 9.53 Å². The van der Waals surface area contributed by atoms with Crippen molar-refractivity contribution in [3.63, 3.8) is 0 Å². The van der Waals surface area contributed by atoms with E-state index in [9.17, 15) is 9.59 Å². The Labute approximate surface area is 153 Å². The van der Waals surface area contributed by atoms with E-state index >= 15 is 0 Å². The lowest BCUT2D eigenvalue weighted by atomic mass is 9.86. The van der Waals surface area contributed by atoms with Crippen LogP contribution in [0.3, 0.4) is 0 Å². The van der Waals surface area contributed by atoms with E-state index in [1.54, 1.807) is 29.8 Å². The highest BCUT2D eigenvalue weighted by molar-refractivity contribution is 6.36. The number of aromatic nitrogens is 1. The summed E-state index contributed by atoms with van der Waals surface area (Å²) >= 11 is 12.7. The first-order chi connectivity index (χ1) is 12.0. The fourth-order valence-electron chi connectivity index (χ4n) is 3.42. The maximum atomic E-state index is 13.0. The lowest BCUT2D eigenvalue weighted by Gasteiger charge is -2.27. The molecule has 0 spiro atoms. The van der Waals surface area contributed by atoms with Gasteiger partial charge in [-0.3, -0.25) is 9.59 Å². The Balaban J connectivity index is 2.11. The van der Waals surface area contributed by atoms with Crippen molar-refractivity contribution in [2.45, 2.75) is 12.3 Å². The minimum Gasteiger partial charge on any atom is -0.425 e. The molecule has 0 aliphatic carbocycles. The molecule has 0 N–H and O–H groups in total. The summed E-state index contributed by atoms with van der Waals surface area (Å²) in [7, 11) is 1.70. The molecule has 0 fully saturated rings. The van der Waals surface area contributed by atoms with Crippen LogP contribution < -0.4 is 10.3 Å². The summed E-state index contributed by atoms with van der Waals surface area (Å²) in [6.07, 6.45) is 0.0179. The van der Waals surface area contributed by atoms with E-state index in [1.165, 1.54) is 0 Å². The van der Waals surface area contributed by atoms with Gasteiger partial charge in [0.1, 0.15) is 5.75 Å². The summed E-state index contributed by atoms with van der Waals surface area (Å²) in [5.41, 5.74) is 1.47. The van der Waals surface area contributed by atoms with E-state index in [2.05, 4.69) is 0 Å². The molecule has 2 heterocycles. The Kier molecular flexibility index (Phi) is 3.82. The standard InChI is InChI=1S/C19H13Cl2NO3/c1-22-14-8-3-2-5-10(14)18-17(19(22)24)11(9-15(23)25-18)16-12(20)6-4-7-13(16)21/h2-8,11H,9H2,1H3. The number of nitrogens with zero attached hydrogens (tertiary/aromatic N) is 1. The van der Waals surface area contributed by atoms with Crippen LogP contribution in [-0.2, 0) is 11.8 Å². The average Bonchev–Trinajstić information content (AvgIpc) is 2.59. The minimum atomic E-state index is -0.541. The summed E-state index contributed by atoms with van der Waals surface area (Å²) in [6.45, 7) is 0. The highest BCUT2D eigenvalue weighted by Crippen LogP contribution is 2.44. The molecular weight excluding hydrogens is 361 g/mol. The topological polar surface area (TPSA) is 48.3 Å². The molecule has 4 rings (SSSR count). The summed E-state index contributed by atoms with van der Waals surface area (Å²) < 4.78 is 7.03. The lowest BCUT2D eigenvalue weighted by Crippen LogP contribution is -2.31. The highest BCUT2D eigenvalue weighted by atomic mass is 35.5. The second-order valence-electron chi connectivity index (χ2n) is 5.99. The van der Waals surface area contributed by atoms with Gasteiger partial charge in [-0.25, -0.2) is 0 Å². The second-order valence-corrected chi connectivity index (χ2v) is 6.80. The van der Waals surface area contributed by atoms with Gasteiger partial charge in [-0.05, 0) is 29.8 Å². The number of fused-ring (bicyclic) bond motifs is 3. The van der Waals surface area contributed by atoms with Crippen molar-refractivity contribution >= 4 is 40.1 Å². The Morgan fingerprint density at radius 1 is 1.00 bits per heavy atom. The average molecular weight is 374 g/mol. The van der Waals surface area contributed by atoms with Crippen LogP contribution in [0.5, 0.6) is 5.75 Å². The Morgan fingerprint density at radius 2 is 1.68 bits per heavy atom. The van der Waals surface area contributed by atoms with E-state index in [0.717, 1.165) is 0 Å². The van der Waals surface area contributed by atoms with Crippen LogP contribution in [0.1, 0.15) is 23.5 Å². The molecule has 126 valence electrons. The van der Waals surface area contributed by atoms with Crippen LogP contribution in [0.4, 0.5) is 0 Å². The van der Waals surface area contributed by atoms with Crippen molar-refractivity contribution in [2.75, 3.05) is 0 Å². The van der Waals surface area contributed by atoms with Gasteiger partial charge in [0.2, 0.25) is 0 Å². The zero-order valence-corrected chi connectivity index (χ0v) is 14.8. The van der Waals surface area contributed by atoms with Crippen LogP contribution >= 0.6 is 23.2 Å². The van der Waals surface area contributed by atoms with Crippen molar-refractivity contribution in [1.29, 1.82) is 0 Å². The molecule has 3 aromatic rings.